The molecule has 0 radical (unpaired) electrons. The molecule has 1 heterocycles. The van der Waals surface area contributed by atoms with Crippen LogP contribution < -0.4 is 10.1 Å². The van der Waals surface area contributed by atoms with Crippen LogP contribution in [0.3, 0.4) is 0 Å². The third-order valence-corrected chi connectivity index (χ3v) is 6.94. The zero-order valence-corrected chi connectivity index (χ0v) is 18.1. The summed E-state index contributed by atoms with van der Waals surface area (Å²) < 4.78 is 5.25. The molecule has 6 heteroatoms. The second-order valence-electron chi connectivity index (χ2n) is 8.05. The van der Waals surface area contributed by atoms with E-state index in [0.29, 0.717) is 16.2 Å². The topological polar surface area (TPSA) is 67.8 Å². The average Bonchev–Trinajstić information content (AvgIpc) is 2.75. The lowest BCUT2D eigenvalue weighted by atomic mass is 9.87. The number of rotatable bonds is 4. The quantitative estimate of drug-likeness (QED) is 0.734. The van der Waals surface area contributed by atoms with Crippen LogP contribution in [0, 0.1) is 5.92 Å². The molecule has 1 fully saturated rings. The second kappa shape index (κ2) is 9.04. The highest BCUT2D eigenvalue weighted by Crippen LogP contribution is 2.34. The molecule has 0 saturated heterocycles. The normalized spacial score (nSPS) is 27.2. The number of carbonyl (C=O) groups excluding carboxylic acids is 2. The molecule has 3 aliphatic rings. The minimum atomic E-state index is -0.276. The van der Waals surface area contributed by atoms with Crippen LogP contribution in [0.4, 0.5) is 0 Å². The van der Waals surface area contributed by atoms with Gasteiger partial charge in [-0.1, -0.05) is 31.2 Å². The summed E-state index contributed by atoms with van der Waals surface area (Å²) in [6, 6.07) is 7.79. The number of ether oxygens (including phenoxy) is 1. The van der Waals surface area contributed by atoms with Crippen molar-refractivity contribution in [3.63, 3.8) is 0 Å². The number of thioether (sulfide) groups is 1. The van der Waals surface area contributed by atoms with Crippen LogP contribution in [0.5, 0.6) is 5.75 Å². The standard InChI is InChI=1S/C24H26N2O3S/c1-15-6-9-18(10-7-15)25-23(27)17-8-11-21-20(14-17)26-24(28)22(30-21)13-16-4-3-5-19(12-16)29-2/h3-5,8,11-15,18,21H,6-7,9-10H2,1-2H3,(H,25,27)/b22-13+. The molecule has 4 rings (SSSR count). The Morgan fingerprint density at radius 3 is 2.83 bits per heavy atom. The largest absolute Gasteiger partial charge is 0.497 e. The van der Waals surface area contributed by atoms with Crippen LogP contribution >= 0.6 is 11.8 Å². The molecular formula is C24H26N2O3S. The Morgan fingerprint density at radius 1 is 1.27 bits per heavy atom. The van der Waals surface area contributed by atoms with Crippen LogP contribution in [0.2, 0.25) is 0 Å². The molecule has 1 aromatic carbocycles. The van der Waals surface area contributed by atoms with Gasteiger partial charge in [0, 0.05) is 11.6 Å². The predicted molar refractivity (Wildman–Crippen MR) is 122 cm³/mol. The van der Waals surface area contributed by atoms with Gasteiger partial charge in [0.05, 0.1) is 23.0 Å². The van der Waals surface area contributed by atoms with Gasteiger partial charge in [-0.3, -0.25) is 9.59 Å². The molecule has 1 unspecified atom stereocenters. The number of hydrogen-bond acceptors (Lipinski definition) is 4. The second-order valence-corrected chi connectivity index (χ2v) is 9.24. The van der Waals surface area contributed by atoms with Crippen molar-refractivity contribution in [2.45, 2.75) is 43.9 Å². The van der Waals surface area contributed by atoms with Crippen molar-refractivity contribution >= 4 is 35.4 Å². The summed E-state index contributed by atoms with van der Waals surface area (Å²) in [6.45, 7) is 2.26. The van der Waals surface area contributed by atoms with Crippen LogP contribution in [-0.4, -0.2) is 35.9 Å². The van der Waals surface area contributed by atoms with Gasteiger partial charge in [-0.2, -0.15) is 0 Å². The summed E-state index contributed by atoms with van der Waals surface area (Å²) in [5.74, 6) is 1.13. The third-order valence-electron chi connectivity index (χ3n) is 5.75. The number of methoxy groups -OCH3 is 1. The minimum absolute atomic E-state index is 0.0633. The van der Waals surface area contributed by atoms with E-state index in [9.17, 15) is 9.59 Å². The number of fused-ring (bicyclic) bond motifs is 1. The van der Waals surface area contributed by atoms with Crippen LogP contribution in [0.25, 0.3) is 6.08 Å². The minimum Gasteiger partial charge on any atom is -0.497 e. The van der Waals surface area contributed by atoms with Crippen molar-refractivity contribution in [3.8, 4) is 5.75 Å². The molecule has 1 saturated carbocycles. The summed E-state index contributed by atoms with van der Waals surface area (Å²) in [5, 5.41) is 3.08. The van der Waals surface area contributed by atoms with Gasteiger partial charge in [0.1, 0.15) is 5.75 Å². The zero-order valence-electron chi connectivity index (χ0n) is 17.3. The van der Waals surface area contributed by atoms with E-state index in [2.05, 4.69) is 17.2 Å². The Bertz CT molecular complexity index is 968. The molecule has 1 atom stereocenters. The fourth-order valence-corrected chi connectivity index (χ4v) is 4.95. The molecule has 2 aliphatic carbocycles. The van der Waals surface area contributed by atoms with Gasteiger partial charge in [-0.05, 0) is 61.4 Å². The van der Waals surface area contributed by atoms with Crippen molar-refractivity contribution in [3.05, 3.63) is 58.5 Å². The summed E-state index contributed by atoms with van der Waals surface area (Å²) in [4.78, 5) is 30.1. The van der Waals surface area contributed by atoms with E-state index < -0.39 is 0 Å². The van der Waals surface area contributed by atoms with Crippen LogP contribution in [0.1, 0.15) is 38.2 Å². The van der Waals surface area contributed by atoms with Crippen molar-refractivity contribution in [1.29, 1.82) is 0 Å². The number of nitrogens with one attached hydrogen (secondary N) is 1. The Kier molecular flexibility index (Phi) is 6.23. The van der Waals surface area contributed by atoms with Crippen molar-refractivity contribution in [1.82, 2.24) is 5.32 Å². The number of nitrogens with zero attached hydrogens (tertiary/aromatic N) is 1. The van der Waals surface area contributed by atoms with E-state index in [1.165, 1.54) is 11.8 Å². The number of hydrogen-bond donors (Lipinski definition) is 1. The number of allylic oxidation sites excluding steroid dienone is 1. The van der Waals surface area contributed by atoms with Crippen LogP contribution in [0.15, 0.2) is 58.0 Å². The number of aliphatic imine (C=N–C) groups is 1. The molecule has 1 aromatic rings. The maximum atomic E-state index is 12.7. The highest BCUT2D eigenvalue weighted by atomic mass is 32.2. The summed E-state index contributed by atoms with van der Waals surface area (Å²) in [5.41, 5.74) is 2.09. The van der Waals surface area contributed by atoms with E-state index >= 15 is 0 Å². The first-order valence-electron chi connectivity index (χ1n) is 10.4. The number of carbonyl (C=O) groups is 2. The molecule has 0 bridgehead atoms. The number of amides is 2. The van der Waals surface area contributed by atoms with Gasteiger partial charge < -0.3 is 10.1 Å². The van der Waals surface area contributed by atoms with E-state index in [-0.39, 0.29) is 23.1 Å². The highest BCUT2D eigenvalue weighted by Gasteiger charge is 2.29. The first-order chi connectivity index (χ1) is 14.5. The molecule has 5 nitrogen and oxygen atoms in total. The maximum Gasteiger partial charge on any atom is 0.283 e. The van der Waals surface area contributed by atoms with E-state index in [1.54, 1.807) is 13.2 Å². The first-order valence-corrected chi connectivity index (χ1v) is 11.3. The van der Waals surface area contributed by atoms with Crippen molar-refractivity contribution < 1.29 is 14.3 Å². The Balaban J connectivity index is 1.47. The van der Waals surface area contributed by atoms with E-state index in [4.69, 9.17) is 4.74 Å². The summed E-state index contributed by atoms with van der Waals surface area (Å²) >= 11 is 1.46. The zero-order chi connectivity index (χ0) is 21.1. The van der Waals surface area contributed by atoms with Gasteiger partial charge in [0.25, 0.3) is 11.8 Å². The van der Waals surface area contributed by atoms with Gasteiger partial charge in [0.2, 0.25) is 0 Å². The molecule has 1 N–H and O–H groups in total. The molecular weight excluding hydrogens is 396 g/mol. The fraction of sp³-hybridized carbons (Fsp3) is 0.375. The van der Waals surface area contributed by atoms with Crippen LogP contribution in [-0.2, 0) is 9.59 Å². The Morgan fingerprint density at radius 2 is 2.07 bits per heavy atom. The van der Waals surface area contributed by atoms with Crippen molar-refractivity contribution in [2.24, 2.45) is 10.9 Å². The Labute approximate surface area is 181 Å². The lowest BCUT2D eigenvalue weighted by Gasteiger charge is -2.28. The third kappa shape index (κ3) is 4.75. The van der Waals surface area contributed by atoms with Gasteiger partial charge in [-0.15, -0.1) is 11.8 Å². The fourth-order valence-electron chi connectivity index (χ4n) is 3.93. The van der Waals surface area contributed by atoms with Gasteiger partial charge in [-0.25, -0.2) is 4.99 Å². The predicted octanol–water partition coefficient (Wildman–Crippen LogP) is 4.31. The summed E-state index contributed by atoms with van der Waals surface area (Å²) in [7, 11) is 1.62. The Hall–Kier alpha value is -2.60. The average molecular weight is 423 g/mol. The van der Waals surface area contributed by atoms with E-state index in [1.807, 2.05) is 42.5 Å². The number of benzene rings is 1. The maximum absolute atomic E-state index is 12.7. The van der Waals surface area contributed by atoms with Gasteiger partial charge >= 0.3 is 0 Å². The lowest BCUT2D eigenvalue weighted by molar-refractivity contribution is -0.118. The van der Waals surface area contributed by atoms with Crippen molar-refractivity contribution in [2.75, 3.05) is 7.11 Å². The molecule has 1 aliphatic heterocycles. The smallest absolute Gasteiger partial charge is 0.283 e. The summed E-state index contributed by atoms with van der Waals surface area (Å²) in [6.07, 6.45) is 11.7. The highest BCUT2D eigenvalue weighted by molar-refractivity contribution is 8.05. The molecule has 156 valence electrons. The first kappa shape index (κ1) is 20.7. The molecule has 0 spiro atoms. The molecule has 0 aromatic heterocycles. The lowest BCUT2D eigenvalue weighted by Crippen LogP contribution is -2.38. The van der Waals surface area contributed by atoms with Gasteiger partial charge in [0.15, 0.2) is 0 Å². The molecule has 2 amide bonds. The monoisotopic (exact) mass is 422 g/mol. The molecule has 30 heavy (non-hydrogen) atoms. The van der Waals surface area contributed by atoms with E-state index in [0.717, 1.165) is 42.9 Å². The SMILES string of the molecule is COc1cccc(/C=C2/SC3C=CC(C(=O)NC4CCC(C)CC4)=CC3=NC2=O)c1.